The number of nitrogens with one attached hydrogen (secondary N) is 2. The average molecular weight is 302 g/mol. The van der Waals surface area contributed by atoms with Crippen LogP contribution < -0.4 is 10.1 Å². The Balaban J connectivity index is 1.73. The molecular formula is C15H18N4O3. The third-order valence-electron chi connectivity index (χ3n) is 3.59. The molecule has 0 saturated heterocycles. The number of hydrogen-bond donors (Lipinski definition) is 3. The molecule has 1 aliphatic carbocycles. The summed E-state index contributed by atoms with van der Waals surface area (Å²) in [5.41, 5.74) is 0.904. The number of carbonyl (C=O) groups is 1. The van der Waals surface area contributed by atoms with Crippen molar-refractivity contribution in [3.63, 3.8) is 0 Å². The second kappa shape index (κ2) is 5.97. The number of aromatic hydroxyl groups is 1. The summed E-state index contributed by atoms with van der Waals surface area (Å²) in [6.07, 6.45) is 3.60. The van der Waals surface area contributed by atoms with E-state index in [9.17, 15) is 9.90 Å². The average Bonchev–Trinajstić information content (AvgIpc) is 3.23. The van der Waals surface area contributed by atoms with E-state index in [4.69, 9.17) is 4.74 Å². The molecule has 3 N–H and O–H groups in total. The second-order valence-electron chi connectivity index (χ2n) is 5.27. The van der Waals surface area contributed by atoms with Crippen molar-refractivity contribution >= 4 is 11.8 Å². The Hall–Kier alpha value is -2.70. The van der Waals surface area contributed by atoms with E-state index in [-0.39, 0.29) is 17.8 Å². The van der Waals surface area contributed by atoms with Gasteiger partial charge in [0.1, 0.15) is 5.82 Å². The fourth-order valence-corrected chi connectivity index (χ4v) is 2.28. The van der Waals surface area contributed by atoms with Crippen molar-refractivity contribution in [3.05, 3.63) is 36.0 Å². The van der Waals surface area contributed by atoms with E-state index in [1.165, 1.54) is 7.11 Å². The zero-order chi connectivity index (χ0) is 15.5. The van der Waals surface area contributed by atoms with Gasteiger partial charge in [-0.25, -0.2) is 4.79 Å². The topological polar surface area (TPSA) is 90.5 Å². The Morgan fingerprint density at radius 2 is 2.32 bits per heavy atom. The zero-order valence-corrected chi connectivity index (χ0v) is 12.2. The number of phenolic OH excluding ortho intramolecular Hbond substituents is 1. The standard InChI is InChI=1S/C15H18N4O3/c1-22-13-8-10(2-5-12(13)20)9-19(11-3-4-11)15(21)17-14-6-7-16-18-14/h2,5-8,11,20H,3-4,9H2,1H3,(H2,16,17,18,21). The molecule has 1 aromatic carbocycles. The number of nitrogens with zero attached hydrogens (tertiary/aromatic N) is 2. The van der Waals surface area contributed by atoms with Gasteiger partial charge < -0.3 is 14.7 Å². The van der Waals surface area contributed by atoms with Crippen molar-refractivity contribution in [2.45, 2.75) is 25.4 Å². The number of aromatic amines is 1. The van der Waals surface area contributed by atoms with Gasteiger partial charge in [0.05, 0.1) is 13.3 Å². The number of aromatic nitrogens is 2. The highest BCUT2D eigenvalue weighted by molar-refractivity contribution is 5.88. The van der Waals surface area contributed by atoms with Crippen LogP contribution in [0.3, 0.4) is 0 Å². The van der Waals surface area contributed by atoms with Crippen molar-refractivity contribution < 1.29 is 14.6 Å². The Morgan fingerprint density at radius 3 is 2.95 bits per heavy atom. The fourth-order valence-electron chi connectivity index (χ4n) is 2.28. The maximum Gasteiger partial charge on any atom is 0.323 e. The van der Waals surface area contributed by atoms with Gasteiger partial charge in [0.2, 0.25) is 0 Å². The number of hydrogen-bond acceptors (Lipinski definition) is 4. The molecule has 2 amide bonds. The predicted octanol–water partition coefficient (Wildman–Crippen LogP) is 2.32. The molecule has 2 aromatic rings. The van der Waals surface area contributed by atoms with Crippen LogP contribution in [0.15, 0.2) is 30.5 Å². The largest absolute Gasteiger partial charge is 0.504 e. The summed E-state index contributed by atoms with van der Waals surface area (Å²) < 4.78 is 5.11. The SMILES string of the molecule is COc1cc(CN(C(=O)Nc2ccn[nH]2)C2CC2)ccc1O. The van der Waals surface area contributed by atoms with Crippen LogP contribution in [-0.2, 0) is 6.54 Å². The number of benzene rings is 1. The first-order chi connectivity index (χ1) is 10.7. The molecule has 0 atom stereocenters. The highest BCUT2D eigenvalue weighted by Crippen LogP contribution is 2.31. The first-order valence-corrected chi connectivity index (χ1v) is 7.10. The Kier molecular flexibility index (Phi) is 3.86. The lowest BCUT2D eigenvalue weighted by atomic mass is 10.2. The predicted molar refractivity (Wildman–Crippen MR) is 80.8 cm³/mol. The van der Waals surface area contributed by atoms with Crippen molar-refractivity contribution in [1.29, 1.82) is 0 Å². The fraction of sp³-hybridized carbons (Fsp3) is 0.333. The van der Waals surface area contributed by atoms with Crippen LogP contribution in [0.2, 0.25) is 0 Å². The van der Waals surface area contributed by atoms with E-state index >= 15 is 0 Å². The zero-order valence-electron chi connectivity index (χ0n) is 12.2. The normalized spacial score (nSPS) is 13.7. The summed E-state index contributed by atoms with van der Waals surface area (Å²) in [5, 5.41) is 19.0. The molecule has 116 valence electrons. The van der Waals surface area contributed by atoms with E-state index in [2.05, 4.69) is 15.5 Å². The third-order valence-corrected chi connectivity index (χ3v) is 3.59. The number of carbonyl (C=O) groups excluding carboxylic acids is 1. The van der Waals surface area contributed by atoms with Gasteiger partial charge in [0.15, 0.2) is 11.5 Å². The molecule has 1 heterocycles. The summed E-state index contributed by atoms with van der Waals surface area (Å²) in [6, 6.07) is 6.89. The monoisotopic (exact) mass is 302 g/mol. The van der Waals surface area contributed by atoms with Gasteiger partial charge in [0.25, 0.3) is 0 Å². The highest BCUT2D eigenvalue weighted by Gasteiger charge is 2.32. The van der Waals surface area contributed by atoms with Gasteiger partial charge in [-0.15, -0.1) is 0 Å². The minimum Gasteiger partial charge on any atom is -0.504 e. The lowest BCUT2D eigenvalue weighted by molar-refractivity contribution is 0.206. The van der Waals surface area contributed by atoms with Gasteiger partial charge >= 0.3 is 6.03 Å². The number of methoxy groups -OCH3 is 1. The van der Waals surface area contributed by atoms with Crippen LogP contribution in [0.1, 0.15) is 18.4 Å². The smallest absolute Gasteiger partial charge is 0.323 e. The number of H-pyrrole nitrogens is 1. The number of amides is 2. The molecule has 0 aliphatic heterocycles. The van der Waals surface area contributed by atoms with Gasteiger partial charge in [-0.1, -0.05) is 6.07 Å². The van der Waals surface area contributed by atoms with Crippen LogP contribution in [0, 0.1) is 0 Å². The molecule has 0 spiro atoms. The maximum atomic E-state index is 12.4. The summed E-state index contributed by atoms with van der Waals surface area (Å²) in [5.74, 6) is 1.06. The van der Waals surface area contributed by atoms with Gasteiger partial charge in [-0.05, 0) is 30.5 Å². The van der Waals surface area contributed by atoms with Gasteiger partial charge in [0, 0.05) is 18.7 Å². The summed E-state index contributed by atoms with van der Waals surface area (Å²) >= 11 is 0. The van der Waals surface area contributed by atoms with Crippen molar-refractivity contribution in [2.24, 2.45) is 0 Å². The Morgan fingerprint density at radius 1 is 1.50 bits per heavy atom. The van der Waals surface area contributed by atoms with Crippen LogP contribution in [0.25, 0.3) is 0 Å². The molecule has 1 aromatic heterocycles. The number of urea groups is 1. The third kappa shape index (κ3) is 3.13. The molecule has 22 heavy (non-hydrogen) atoms. The van der Waals surface area contributed by atoms with Crippen molar-refractivity contribution in [2.75, 3.05) is 12.4 Å². The van der Waals surface area contributed by atoms with Crippen LogP contribution in [0.4, 0.5) is 10.6 Å². The summed E-state index contributed by atoms with van der Waals surface area (Å²) in [7, 11) is 1.50. The Labute approximate surface area is 127 Å². The molecule has 0 radical (unpaired) electrons. The maximum absolute atomic E-state index is 12.4. The molecule has 3 rings (SSSR count). The molecule has 7 nitrogen and oxygen atoms in total. The van der Waals surface area contributed by atoms with E-state index in [0.717, 1.165) is 18.4 Å². The lowest BCUT2D eigenvalue weighted by Gasteiger charge is -2.22. The number of ether oxygens (including phenoxy) is 1. The molecule has 1 fully saturated rings. The number of anilines is 1. The minimum absolute atomic E-state index is 0.0890. The molecule has 1 saturated carbocycles. The van der Waals surface area contributed by atoms with Gasteiger partial charge in [-0.3, -0.25) is 10.4 Å². The van der Waals surface area contributed by atoms with Crippen molar-refractivity contribution in [1.82, 2.24) is 15.1 Å². The first kappa shape index (κ1) is 14.2. The minimum atomic E-state index is -0.168. The van der Waals surface area contributed by atoms with Crippen molar-refractivity contribution in [3.8, 4) is 11.5 Å². The van der Waals surface area contributed by atoms with E-state index in [0.29, 0.717) is 18.1 Å². The molecule has 1 aliphatic rings. The molecule has 0 unspecified atom stereocenters. The number of phenols is 1. The van der Waals surface area contributed by atoms with E-state index < -0.39 is 0 Å². The van der Waals surface area contributed by atoms with Crippen LogP contribution >= 0.6 is 0 Å². The molecule has 0 bridgehead atoms. The van der Waals surface area contributed by atoms with Gasteiger partial charge in [-0.2, -0.15) is 5.10 Å². The van der Waals surface area contributed by atoms with E-state index in [1.54, 1.807) is 35.4 Å². The molecular weight excluding hydrogens is 284 g/mol. The Bertz CT molecular complexity index is 653. The lowest BCUT2D eigenvalue weighted by Crippen LogP contribution is -2.36. The first-order valence-electron chi connectivity index (χ1n) is 7.10. The second-order valence-corrected chi connectivity index (χ2v) is 5.27. The summed E-state index contributed by atoms with van der Waals surface area (Å²) in [4.78, 5) is 14.2. The quantitative estimate of drug-likeness (QED) is 0.790. The summed E-state index contributed by atoms with van der Waals surface area (Å²) in [6.45, 7) is 0.460. The van der Waals surface area contributed by atoms with E-state index in [1.807, 2.05) is 0 Å². The van der Waals surface area contributed by atoms with Crippen LogP contribution in [-0.4, -0.2) is 39.4 Å². The molecule has 7 heteroatoms. The van der Waals surface area contributed by atoms with Crippen LogP contribution in [0.5, 0.6) is 11.5 Å². The number of rotatable bonds is 5. The highest BCUT2D eigenvalue weighted by atomic mass is 16.5.